The van der Waals surface area contributed by atoms with Crippen LogP contribution in [0.1, 0.15) is 41.0 Å². The monoisotopic (exact) mass is 170 g/mol. The van der Waals surface area contributed by atoms with Crippen LogP contribution in [0.2, 0.25) is 0 Å². The number of hydrogen-bond donors (Lipinski definition) is 1. The Labute approximate surface area is 74.3 Å². The van der Waals surface area contributed by atoms with Crippen LogP contribution in [0.4, 0.5) is 0 Å². The molecule has 0 aromatic carbocycles. The minimum Gasteiger partial charge on any atom is -0.478 e. The molecule has 0 fully saturated rings. The van der Waals surface area contributed by atoms with E-state index in [2.05, 4.69) is 20.8 Å². The first-order valence-electron chi connectivity index (χ1n) is 4.13. The number of carboxylic acid groups (broad SMARTS) is 1. The maximum atomic E-state index is 10.6. The van der Waals surface area contributed by atoms with Crippen molar-refractivity contribution >= 4 is 5.97 Å². The van der Waals surface area contributed by atoms with E-state index in [1.165, 1.54) is 0 Å². The van der Waals surface area contributed by atoms with Crippen molar-refractivity contribution in [3.05, 3.63) is 11.1 Å². The Morgan fingerprint density at radius 1 is 1.25 bits per heavy atom. The molecule has 0 saturated heterocycles. The number of carbonyl (C=O) groups is 1. The average Bonchev–Trinajstić information content (AvgIpc) is 1.82. The molecule has 0 spiro atoms. The Morgan fingerprint density at radius 2 is 1.67 bits per heavy atom. The molecular weight excluding hydrogens is 152 g/mol. The van der Waals surface area contributed by atoms with Crippen molar-refractivity contribution in [2.45, 2.75) is 41.0 Å². The van der Waals surface area contributed by atoms with E-state index in [9.17, 15) is 4.79 Å². The van der Waals surface area contributed by atoms with Gasteiger partial charge in [-0.25, -0.2) is 4.79 Å². The Kier molecular flexibility index (Phi) is 3.50. The van der Waals surface area contributed by atoms with Gasteiger partial charge in [0.1, 0.15) is 0 Å². The summed E-state index contributed by atoms with van der Waals surface area (Å²) in [6.45, 7) is 9.85. The minimum atomic E-state index is -0.809. The van der Waals surface area contributed by atoms with E-state index in [0.717, 1.165) is 12.0 Å². The number of aliphatic carboxylic acids is 1. The highest BCUT2D eigenvalue weighted by molar-refractivity contribution is 5.86. The van der Waals surface area contributed by atoms with Gasteiger partial charge in [0.05, 0.1) is 0 Å². The summed E-state index contributed by atoms with van der Waals surface area (Å²) in [5.41, 5.74) is 1.61. The predicted octanol–water partition coefficient (Wildman–Crippen LogP) is 2.84. The summed E-state index contributed by atoms with van der Waals surface area (Å²) in [7, 11) is 0. The molecule has 0 aromatic rings. The van der Waals surface area contributed by atoms with E-state index in [0.29, 0.717) is 5.57 Å². The molecule has 0 atom stereocenters. The SMILES string of the molecule is CC(CC(C)(C)C)=C(C)C(=O)O. The summed E-state index contributed by atoms with van der Waals surface area (Å²) in [6, 6.07) is 0. The molecule has 1 N–H and O–H groups in total. The van der Waals surface area contributed by atoms with Gasteiger partial charge in [0.25, 0.3) is 0 Å². The Morgan fingerprint density at radius 3 is 1.92 bits per heavy atom. The first-order valence-corrected chi connectivity index (χ1v) is 4.13. The summed E-state index contributed by atoms with van der Waals surface area (Å²) in [6.07, 6.45) is 0.838. The molecule has 12 heavy (non-hydrogen) atoms. The summed E-state index contributed by atoms with van der Waals surface area (Å²) in [4.78, 5) is 10.6. The standard InChI is InChI=1S/C10H18O2/c1-7(6-10(3,4)5)8(2)9(11)12/h6H2,1-5H3,(H,11,12). The molecule has 2 nitrogen and oxygen atoms in total. The molecule has 2 heteroatoms. The van der Waals surface area contributed by atoms with Gasteiger partial charge in [-0.2, -0.15) is 0 Å². The lowest BCUT2D eigenvalue weighted by Crippen LogP contribution is -2.08. The van der Waals surface area contributed by atoms with Crippen LogP contribution >= 0.6 is 0 Å². The number of carboxylic acids is 1. The second-order valence-corrected chi connectivity index (χ2v) is 4.45. The predicted molar refractivity (Wildman–Crippen MR) is 50.1 cm³/mol. The van der Waals surface area contributed by atoms with Gasteiger partial charge in [-0.3, -0.25) is 0 Å². The molecule has 0 aliphatic heterocycles. The Balaban J connectivity index is 4.49. The van der Waals surface area contributed by atoms with Crippen molar-refractivity contribution in [1.29, 1.82) is 0 Å². The van der Waals surface area contributed by atoms with Crippen LogP contribution < -0.4 is 0 Å². The van der Waals surface area contributed by atoms with Gasteiger partial charge in [-0.05, 0) is 25.7 Å². The molecule has 70 valence electrons. The lowest BCUT2D eigenvalue weighted by molar-refractivity contribution is -0.132. The zero-order valence-corrected chi connectivity index (χ0v) is 8.56. The van der Waals surface area contributed by atoms with Crippen LogP contribution in [0.3, 0.4) is 0 Å². The van der Waals surface area contributed by atoms with Crippen molar-refractivity contribution in [3.8, 4) is 0 Å². The second kappa shape index (κ2) is 3.74. The summed E-state index contributed by atoms with van der Waals surface area (Å²) in [5.74, 6) is -0.809. The molecule has 0 aromatic heterocycles. The molecule has 0 saturated carbocycles. The van der Waals surface area contributed by atoms with Gasteiger partial charge in [-0.15, -0.1) is 0 Å². The highest BCUT2D eigenvalue weighted by Crippen LogP contribution is 2.25. The quantitative estimate of drug-likeness (QED) is 0.647. The highest BCUT2D eigenvalue weighted by Gasteiger charge is 2.14. The van der Waals surface area contributed by atoms with Crippen LogP contribution in [0, 0.1) is 5.41 Å². The fourth-order valence-corrected chi connectivity index (χ4v) is 1.11. The van der Waals surface area contributed by atoms with Crippen molar-refractivity contribution in [2.75, 3.05) is 0 Å². The average molecular weight is 170 g/mol. The largest absolute Gasteiger partial charge is 0.478 e. The van der Waals surface area contributed by atoms with Gasteiger partial charge in [0.2, 0.25) is 0 Å². The van der Waals surface area contributed by atoms with Crippen LogP contribution in [0.15, 0.2) is 11.1 Å². The molecule has 0 aliphatic rings. The van der Waals surface area contributed by atoms with Gasteiger partial charge in [0.15, 0.2) is 0 Å². The number of rotatable bonds is 2. The summed E-state index contributed by atoms with van der Waals surface area (Å²) >= 11 is 0. The van der Waals surface area contributed by atoms with Crippen LogP contribution in [-0.2, 0) is 4.79 Å². The smallest absolute Gasteiger partial charge is 0.331 e. The normalized spacial score (nSPS) is 14.1. The molecule has 0 radical (unpaired) electrons. The van der Waals surface area contributed by atoms with Gasteiger partial charge >= 0.3 is 5.97 Å². The third-order valence-electron chi connectivity index (χ3n) is 1.76. The minimum absolute atomic E-state index is 0.167. The van der Waals surface area contributed by atoms with E-state index in [-0.39, 0.29) is 5.41 Å². The van der Waals surface area contributed by atoms with Gasteiger partial charge < -0.3 is 5.11 Å². The summed E-state index contributed by atoms with van der Waals surface area (Å²) in [5, 5.41) is 8.69. The maximum Gasteiger partial charge on any atom is 0.331 e. The van der Waals surface area contributed by atoms with E-state index < -0.39 is 5.97 Å². The van der Waals surface area contributed by atoms with E-state index >= 15 is 0 Å². The Bertz CT molecular complexity index is 206. The Hall–Kier alpha value is -0.790. The first-order chi connectivity index (χ1) is 5.24. The van der Waals surface area contributed by atoms with Crippen molar-refractivity contribution in [2.24, 2.45) is 5.41 Å². The van der Waals surface area contributed by atoms with Crippen LogP contribution in [-0.4, -0.2) is 11.1 Å². The molecular formula is C10H18O2. The zero-order valence-electron chi connectivity index (χ0n) is 8.56. The van der Waals surface area contributed by atoms with E-state index in [4.69, 9.17) is 5.11 Å². The van der Waals surface area contributed by atoms with Crippen LogP contribution in [0.5, 0.6) is 0 Å². The molecule has 0 aliphatic carbocycles. The van der Waals surface area contributed by atoms with Gasteiger partial charge in [0, 0.05) is 5.57 Å². The van der Waals surface area contributed by atoms with E-state index in [1.807, 2.05) is 6.92 Å². The second-order valence-electron chi connectivity index (χ2n) is 4.45. The van der Waals surface area contributed by atoms with Crippen molar-refractivity contribution < 1.29 is 9.90 Å². The lowest BCUT2D eigenvalue weighted by atomic mass is 9.87. The topological polar surface area (TPSA) is 37.3 Å². The maximum absolute atomic E-state index is 10.6. The molecule has 0 unspecified atom stereocenters. The van der Waals surface area contributed by atoms with Crippen molar-refractivity contribution in [3.63, 3.8) is 0 Å². The molecule has 0 rings (SSSR count). The third kappa shape index (κ3) is 4.16. The van der Waals surface area contributed by atoms with Crippen molar-refractivity contribution in [1.82, 2.24) is 0 Å². The van der Waals surface area contributed by atoms with E-state index in [1.54, 1.807) is 6.92 Å². The fraction of sp³-hybridized carbons (Fsp3) is 0.700. The molecule has 0 bridgehead atoms. The molecule has 0 heterocycles. The van der Waals surface area contributed by atoms with Gasteiger partial charge in [-0.1, -0.05) is 26.3 Å². The summed E-state index contributed by atoms with van der Waals surface area (Å²) < 4.78 is 0. The zero-order chi connectivity index (χ0) is 9.94. The van der Waals surface area contributed by atoms with Crippen LogP contribution in [0.25, 0.3) is 0 Å². The number of allylic oxidation sites excluding steroid dienone is 1. The highest BCUT2D eigenvalue weighted by atomic mass is 16.4. The number of hydrogen-bond acceptors (Lipinski definition) is 1. The fourth-order valence-electron chi connectivity index (χ4n) is 1.11. The molecule has 0 amide bonds. The third-order valence-corrected chi connectivity index (χ3v) is 1.76. The first kappa shape index (κ1) is 11.2. The lowest BCUT2D eigenvalue weighted by Gasteiger charge is -2.19.